The third-order valence-electron chi connectivity index (χ3n) is 8.96. The van der Waals surface area contributed by atoms with Crippen LogP contribution in [0.25, 0.3) is 0 Å². The fraction of sp³-hybridized carbons (Fsp3) is 0.353. The van der Waals surface area contributed by atoms with E-state index in [-0.39, 0.29) is 11.1 Å². The van der Waals surface area contributed by atoms with Gasteiger partial charge in [-0.05, 0) is 121 Å². The fourth-order valence-electron chi connectivity index (χ4n) is 8.48. The predicted molar refractivity (Wildman–Crippen MR) is 148 cm³/mol. The highest BCUT2D eigenvalue weighted by Crippen LogP contribution is 2.69. The van der Waals surface area contributed by atoms with Crippen molar-refractivity contribution in [2.24, 2.45) is 16.7 Å². The number of carboxylic acids is 2. The average Bonchev–Trinajstić information content (AvgIpc) is 2.86. The number of hydrogen-bond donors (Lipinski definition) is 2. The Kier molecular flexibility index (Phi) is 5.84. The molecule has 0 spiro atoms. The Morgan fingerprint density at radius 1 is 0.718 bits per heavy atom. The molecule has 5 nitrogen and oxygen atoms in total. The number of carbonyl (C=O) groups is 2. The van der Waals surface area contributed by atoms with Gasteiger partial charge in [0.2, 0.25) is 0 Å². The van der Waals surface area contributed by atoms with Gasteiger partial charge in [0, 0.05) is 11.1 Å². The lowest BCUT2D eigenvalue weighted by atomic mass is 9.39. The van der Waals surface area contributed by atoms with Crippen molar-refractivity contribution in [2.45, 2.75) is 57.8 Å². The largest absolute Gasteiger partial charge is 0.478 e. The summed E-state index contributed by atoms with van der Waals surface area (Å²) in [5, 5.41) is 18.5. The number of carboxylic acid groups (broad SMARTS) is 2. The first kappa shape index (κ1) is 25.2. The second-order valence-electron chi connectivity index (χ2n) is 12.7. The van der Waals surface area contributed by atoms with Crippen LogP contribution in [0.15, 0.2) is 66.7 Å². The second kappa shape index (κ2) is 9.02. The van der Waals surface area contributed by atoms with E-state index in [1.807, 2.05) is 24.3 Å². The van der Waals surface area contributed by atoms with Crippen LogP contribution in [0.1, 0.15) is 89.8 Å². The molecule has 0 saturated heterocycles. The molecule has 4 fully saturated rings. The Bertz CT molecular complexity index is 1470. The summed E-state index contributed by atoms with van der Waals surface area (Å²) in [5.74, 6) is 5.80. The minimum Gasteiger partial charge on any atom is -0.478 e. The normalized spacial score (nSPS) is 28.4. The molecule has 4 aliphatic carbocycles. The van der Waals surface area contributed by atoms with E-state index in [0.717, 1.165) is 17.7 Å². The SMILES string of the molecule is CC12CC3CC(C)(C1)CC(c1ccc(Oc4ccc(C#Cc5cc(C(=O)O)cc(C(=O)O)c5)cc4)cc1)(C3)C2. The Labute approximate surface area is 228 Å². The zero-order valence-electron chi connectivity index (χ0n) is 22.3. The number of benzene rings is 3. The van der Waals surface area contributed by atoms with Gasteiger partial charge in [-0.1, -0.05) is 37.8 Å². The van der Waals surface area contributed by atoms with Gasteiger partial charge in [-0.15, -0.1) is 0 Å². The summed E-state index contributed by atoms with van der Waals surface area (Å²) in [6, 6.07) is 19.9. The summed E-state index contributed by atoms with van der Waals surface area (Å²) >= 11 is 0. The van der Waals surface area contributed by atoms with Crippen molar-refractivity contribution in [3.8, 4) is 23.3 Å². The first-order valence-electron chi connectivity index (χ1n) is 13.5. The summed E-state index contributed by atoms with van der Waals surface area (Å²) in [7, 11) is 0. The van der Waals surface area contributed by atoms with E-state index in [1.54, 1.807) is 0 Å². The molecule has 7 rings (SSSR count). The molecule has 4 aliphatic rings. The molecular formula is C34H32O5. The standard InChI is InChI=1S/C34H32O5/c1-32-16-24-17-33(2,19-32)21-34(18-24,20-32)27-7-11-29(12-8-27)39-28-9-5-22(6-10-28)3-4-23-13-25(30(35)36)15-26(14-23)31(37)38/h5-15,24H,16-21H2,1-2H3,(H,35,36)(H,37,38). The van der Waals surface area contributed by atoms with Crippen LogP contribution in [-0.2, 0) is 5.41 Å². The van der Waals surface area contributed by atoms with Crippen molar-refractivity contribution in [1.82, 2.24) is 0 Å². The second-order valence-corrected chi connectivity index (χ2v) is 12.7. The van der Waals surface area contributed by atoms with Gasteiger partial charge in [0.15, 0.2) is 0 Å². The van der Waals surface area contributed by atoms with E-state index >= 15 is 0 Å². The van der Waals surface area contributed by atoms with Crippen LogP contribution in [0.4, 0.5) is 0 Å². The Morgan fingerprint density at radius 3 is 1.74 bits per heavy atom. The third-order valence-corrected chi connectivity index (χ3v) is 8.96. The third kappa shape index (κ3) is 4.92. The van der Waals surface area contributed by atoms with Gasteiger partial charge in [-0.25, -0.2) is 9.59 Å². The molecule has 2 N–H and O–H groups in total. The van der Waals surface area contributed by atoms with Gasteiger partial charge in [0.25, 0.3) is 0 Å². The van der Waals surface area contributed by atoms with E-state index in [1.165, 1.54) is 56.2 Å². The smallest absolute Gasteiger partial charge is 0.335 e. The lowest BCUT2D eigenvalue weighted by Gasteiger charge is -2.65. The first-order chi connectivity index (χ1) is 18.5. The van der Waals surface area contributed by atoms with Gasteiger partial charge < -0.3 is 14.9 Å². The molecule has 3 aromatic carbocycles. The zero-order chi connectivity index (χ0) is 27.4. The molecule has 0 heterocycles. The van der Waals surface area contributed by atoms with Gasteiger partial charge >= 0.3 is 11.9 Å². The Morgan fingerprint density at radius 2 is 1.23 bits per heavy atom. The topological polar surface area (TPSA) is 83.8 Å². The highest BCUT2D eigenvalue weighted by molar-refractivity contribution is 5.94. The van der Waals surface area contributed by atoms with Gasteiger partial charge in [0.05, 0.1) is 11.1 Å². The molecule has 5 heteroatoms. The Balaban J connectivity index is 1.15. The zero-order valence-corrected chi connectivity index (χ0v) is 22.3. The molecule has 0 aromatic heterocycles. The van der Waals surface area contributed by atoms with Crippen LogP contribution in [-0.4, -0.2) is 22.2 Å². The number of aromatic carboxylic acids is 2. The number of ether oxygens (including phenoxy) is 1. The Hall–Kier alpha value is -4.04. The quantitative estimate of drug-likeness (QED) is 0.340. The van der Waals surface area contributed by atoms with Crippen molar-refractivity contribution >= 4 is 11.9 Å². The molecule has 0 radical (unpaired) electrons. The molecule has 2 atom stereocenters. The summed E-state index contributed by atoms with van der Waals surface area (Å²) in [5.41, 5.74) is 3.53. The van der Waals surface area contributed by atoms with Crippen molar-refractivity contribution in [1.29, 1.82) is 0 Å². The molecule has 0 aliphatic heterocycles. The van der Waals surface area contributed by atoms with Crippen LogP contribution in [0.3, 0.4) is 0 Å². The molecule has 3 aromatic rings. The summed E-state index contributed by atoms with van der Waals surface area (Å²) in [4.78, 5) is 22.6. The minimum atomic E-state index is -1.20. The van der Waals surface area contributed by atoms with Crippen LogP contribution in [0.5, 0.6) is 11.5 Å². The van der Waals surface area contributed by atoms with Gasteiger partial charge in [-0.2, -0.15) is 0 Å². The highest BCUT2D eigenvalue weighted by atomic mass is 16.5. The van der Waals surface area contributed by atoms with Gasteiger partial charge in [0.1, 0.15) is 11.5 Å². The van der Waals surface area contributed by atoms with E-state index in [9.17, 15) is 19.8 Å². The highest BCUT2D eigenvalue weighted by Gasteiger charge is 2.60. The summed E-state index contributed by atoms with van der Waals surface area (Å²) in [6.07, 6.45) is 8.07. The van der Waals surface area contributed by atoms with Crippen LogP contribution in [0.2, 0.25) is 0 Å². The minimum absolute atomic E-state index is 0.111. The molecule has 4 saturated carbocycles. The first-order valence-corrected chi connectivity index (χ1v) is 13.5. The van der Waals surface area contributed by atoms with Crippen molar-refractivity contribution in [3.63, 3.8) is 0 Å². The lowest BCUT2D eigenvalue weighted by molar-refractivity contribution is -0.110. The number of rotatable bonds is 5. The molecule has 198 valence electrons. The van der Waals surface area contributed by atoms with Crippen molar-refractivity contribution < 1.29 is 24.5 Å². The monoisotopic (exact) mass is 520 g/mol. The summed E-state index contributed by atoms with van der Waals surface area (Å²) < 4.78 is 6.12. The average molecular weight is 521 g/mol. The molecule has 2 unspecified atom stereocenters. The predicted octanol–water partition coefficient (Wildman–Crippen LogP) is 7.52. The van der Waals surface area contributed by atoms with Crippen LogP contribution >= 0.6 is 0 Å². The van der Waals surface area contributed by atoms with Crippen molar-refractivity contribution in [2.75, 3.05) is 0 Å². The maximum atomic E-state index is 11.3. The van der Waals surface area contributed by atoms with E-state index in [2.05, 4.69) is 50.0 Å². The van der Waals surface area contributed by atoms with Crippen LogP contribution < -0.4 is 4.74 Å². The molecular weight excluding hydrogens is 488 g/mol. The van der Waals surface area contributed by atoms with E-state index in [4.69, 9.17) is 4.74 Å². The van der Waals surface area contributed by atoms with Gasteiger partial charge in [-0.3, -0.25) is 0 Å². The van der Waals surface area contributed by atoms with Crippen LogP contribution in [0, 0.1) is 28.6 Å². The van der Waals surface area contributed by atoms with E-state index in [0.29, 0.717) is 33.1 Å². The molecule has 0 amide bonds. The van der Waals surface area contributed by atoms with E-state index < -0.39 is 11.9 Å². The molecule has 4 bridgehead atoms. The maximum Gasteiger partial charge on any atom is 0.335 e. The van der Waals surface area contributed by atoms with Crippen molar-refractivity contribution in [3.05, 3.63) is 94.5 Å². The summed E-state index contributed by atoms with van der Waals surface area (Å²) in [6.45, 7) is 5.02. The fourth-order valence-corrected chi connectivity index (χ4v) is 8.48. The lowest BCUT2D eigenvalue weighted by Crippen LogP contribution is -2.56. The maximum absolute atomic E-state index is 11.3. The molecule has 39 heavy (non-hydrogen) atoms. The number of hydrogen-bond acceptors (Lipinski definition) is 3.